The van der Waals surface area contributed by atoms with Crippen LogP contribution in [-0.4, -0.2) is 32.7 Å². The van der Waals surface area contributed by atoms with E-state index in [9.17, 15) is 4.79 Å². The van der Waals surface area contributed by atoms with E-state index in [-0.39, 0.29) is 11.9 Å². The molecule has 0 radical (unpaired) electrons. The highest BCUT2D eigenvalue weighted by atomic mass is 16.5. The van der Waals surface area contributed by atoms with Gasteiger partial charge in [-0.3, -0.25) is 4.79 Å². The van der Waals surface area contributed by atoms with E-state index in [1.54, 1.807) is 14.2 Å². The molecule has 0 aromatic heterocycles. The summed E-state index contributed by atoms with van der Waals surface area (Å²) in [6, 6.07) is 5.69. The maximum atomic E-state index is 11.5. The summed E-state index contributed by atoms with van der Waals surface area (Å²) in [5.74, 6) is 1.05. The van der Waals surface area contributed by atoms with Gasteiger partial charge in [-0.15, -0.1) is 0 Å². The average molecular weight is 249 g/mol. The number of methoxy groups -OCH3 is 1. The number of nitrogen functional groups attached to an aromatic ring is 1. The van der Waals surface area contributed by atoms with E-state index in [1.807, 2.05) is 18.2 Å². The lowest BCUT2D eigenvalue weighted by Crippen LogP contribution is -2.38. The summed E-state index contributed by atoms with van der Waals surface area (Å²) in [4.78, 5) is 11.5. The standard InChI is InChI=1S/C13H19N3O2/c1-15-13(17)11-5-9(7-16-11)8-3-4-10(14)12(6-8)18-2/h3-4,6,9,11,16H,5,7,14H2,1-2H3,(H,15,17). The average Bonchev–Trinajstić information content (AvgIpc) is 2.88. The van der Waals surface area contributed by atoms with Crippen LogP contribution in [0, 0.1) is 0 Å². The molecule has 1 saturated heterocycles. The van der Waals surface area contributed by atoms with E-state index in [0.29, 0.717) is 17.4 Å². The third-order valence-corrected chi connectivity index (χ3v) is 3.42. The second-order valence-corrected chi connectivity index (χ2v) is 4.51. The van der Waals surface area contributed by atoms with Crippen LogP contribution in [-0.2, 0) is 4.79 Å². The molecule has 1 heterocycles. The Kier molecular flexibility index (Phi) is 3.72. The predicted octanol–water partition coefficient (Wildman–Crippen LogP) is 0.469. The quantitative estimate of drug-likeness (QED) is 0.681. The number of anilines is 1. The Hall–Kier alpha value is -1.75. The topological polar surface area (TPSA) is 76.4 Å². The first-order valence-electron chi connectivity index (χ1n) is 6.04. The molecule has 5 nitrogen and oxygen atoms in total. The molecule has 2 rings (SSSR count). The maximum Gasteiger partial charge on any atom is 0.236 e. The molecule has 0 aliphatic carbocycles. The third-order valence-electron chi connectivity index (χ3n) is 3.42. The number of benzene rings is 1. The lowest BCUT2D eigenvalue weighted by Gasteiger charge is -2.12. The Balaban J connectivity index is 2.12. The maximum absolute atomic E-state index is 11.5. The van der Waals surface area contributed by atoms with Gasteiger partial charge in [-0.1, -0.05) is 6.07 Å². The van der Waals surface area contributed by atoms with E-state index in [1.165, 1.54) is 0 Å². The Morgan fingerprint density at radius 1 is 1.56 bits per heavy atom. The van der Waals surface area contributed by atoms with Gasteiger partial charge in [-0.05, 0) is 30.0 Å². The Morgan fingerprint density at radius 2 is 2.33 bits per heavy atom. The molecule has 18 heavy (non-hydrogen) atoms. The van der Waals surface area contributed by atoms with Crippen LogP contribution in [0.1, 0.15) is 17.9 Å². The molecule has 1 aliphatic rings. The van der Waals surface area contributed by atoms with Gasteiger partial charge in [0, 0.05) is 13.6 Å². The van der Waals surface area contributed by atoms with Gasteiger partial charge in [-0.25, -0.2) is 0 Å². The second kappa shape index (κ2) is 5.27. The molecule has 0 spiro atoms. The highest BCUT2D eigenvalue weighted by Crippen LogP contribution is 2.31. The van der Waals surface area contributed by atoms with Crippen LogP contribution in [0.4, 0.5) is 5.69 Å². The summed E-state index contributed by atoms with van der Waals surface area (Å²) in [5, 5.41) is 5.89. The first-order valence-corrected chi connectivity index (χ1v) is 6.04. The molecular formula is C13H19N3O2. The predicted molar refractivity (Wildman–Crippen MR) is 70.6 cm³/mol. The summed E-state index contributed by atoms with van der Waals surface area (Å²) in [5.41, 5.74) is 7.58. The lowest BCUT2D eigenvalue weighted by atomic mass is 9.95. The number of nitrogens with one attached hydrogen (secondary N) is 2. The second-order valence-electron chi connectivity index (χ2n) is 4.51. The van der Waals surface area contributed by atoms with Crippen molar-refractivity contribution in [2.75, 3.05) is 26.4 Å². The van der Waals surface area contributed by atoms with Gasteiger partial charge in [0.25, 0.3) is 0 Å². The van der Waals surface area contributed by atoms with Crippen molar-refractivity contribution in [2.45, 2.75) is 18.4 Å². The molecule has 98 valence electrons. The van der Waals surface area contributed by atoms with E-state index in [4.69, 9.17) is 10.5 Å². The van der Waals surface area contributed by atoms with Crippen LogP contribution >= 0.6 is 0 Å². The largest absolute Gasteiger partial charge is 0.495 e. The van der Waals surface area contributed by atoms with Crippen molar-refractivity contribution in [3.8, 4) is 5.75 Å². The number of nitrogens with two attached hydrogens (primary N) is 1. The number of carbonyl (C=O) groups excluding carboxylic acids is 1. The van der Waals surface area contributed by atoms with Gasteiger partial charge < -0.3 is 21.1 Å². The van der Waals surface area contributed by atoms with Crippen molar-refractivity contribution in [2.24, 2.45) is 0 Å². The summed E-state index contributed by atoms with van der Waals surface area (Å²) < 4.78 is 5.22. The molecule has 2 unspecified atom stereocenters. The highest BCUT2D eigenvalue weighted by Gasteiger charge is 2.29. The minimum Gasteiger partial charge on any atom is -0.495 e. The zero-order chi connectivity index (χ0) is 13.1. The highest BCUT2D eigenvalue weighted by molar-refractivity contribution is 5.81. The summed E-state index contributed by atoms with van der Waals surface area (Å²) >= 11 is 0. The first kappa shape index (κ1) is 12.7. The molecule has 1 amide bonds. The van der Waals surface area contributed by atoms with Crippen molar-refractivity contribution in [1.82, 2.24) is 10.6 Å². The number of amides is 1. The molecule has 5 heteroatoms. The van der Waals surface area contributed by atoms with Gasteiger partial charge in [0.05, 0.1) is 18.8 Å². The van der Waals surface area contributed by atoms with Gasteiger partial charge in [0.15, 0.2) is 0 Å². The third kappa shape index (κ3) is 2.41. The van der Waals surface area contributed by atoms with Crippen molar-refractivity contribution in [3.63, 3.8) is 0 Å². The molecule has 1 aromatic rings. The summed E-state index contributed by atoms with van der Waals surface area (Å²) in [6.07, 6.45) is 0.798. The van der Waals surface area contributed by atoms with Gasteiger partial charge in [0.2, 0.25) is 5.91 Å². The number of hydrogen-bond donors (Lipinski definition) is 3. The normalized spacial score (nSPS) is 22.8. The fraction of sp³-hybridized carbons (Fsp3) is 0.462. The van der Waals surface area contributed by atoms with E-state index in [0.717, 1.165) is 18.5 Å². The molecule has 1 aliphatic heterocycles. The first-order chi connectivity index (χ1) is 8.65. The number of hydrogen-bond acceptors (Lipinski definition) is 4. The van der Waals surface area contributed by atoms with E-state index in [2.05, 4.69) is 10.6 Å². The molecule has 2 atom stereocenters. The summed E-state index contributed by atoms with van der Waals surface area (Å²) in [7, 11) is 3.26. The van der Waals surface area contributed by atoms with E-state index < -0.39 is 0 Å². The van der Waals surface area contributed by atoms with Crippen molar-refractivity contribution in [3.05, 3.63) is 23.8 Å². The number of likely N-dealkylation sites (N-methyl/N-ethyl adjacent to an activating group) is 1. The van der Waals surface area contributed by atoms with Gasteiger partial charge in [0.1, 0.15) is 5.75 Å². The minimum absolute atomic E-state index is 0.0416. The van der Waals surface area contributed by atoms with Crippen molar-refractivity contribution < 1.29 is 9.53 Å². The Bertz CT molecular complexity index is 448. The van der Waals surface area contributed by atoms with Crippen LogP contribution in [0.5, 0.6) is 5.75 Å². The smallest absolute Gasteiger partial charge is 0.236 e. The summed E-state index contributed by atoms with van der Waals surface area (Å²) in [6.45, 7) is 0.797. The van der Waals surface area contributed by atoms with Crippen molar-refractivity contribution >= 4 is 11.6 Å². The van der Waals surface area contributed by atoms with Crippen LogP contribution in [0.2, 0.25) is 0 Å². The Morgan fingerprint density at radius 3 is 3.00 bits per heavy atom. The van der Waals surface area contributed by atoms with Crippen LogP contribution < -0.4 is 21.1 Å². The van der Waals surface area contributed by atoms with Crippen LogP contribution in [0.3, 0.4) is 0 Å². The molecule has 0 bridgehead atoms. The lowest BCUT2D eigenvalue weighted by molar-refractivity contribution is -0.122. The fourth-order valence-electron chi connectivity index (χ4n) is 2.35. The minimum atomic E-state index is -0.108. The number of ether oxygens (including phenoxy) is 1. The molecular weight excluding hydrogens is 230 g/mol. The van der Waals surface area contributed by atoms with Crippen LogP contribution in [0.15, 0.2) is 18.2 Å². The van der Waals surface area contributed by atoms with E-state index >= 15 is 0 Å². The number of rotatable bonds is 3. The molecule has 1 fully saturated rings. The Labute approximate surface area is 107 Å². The van der Waals surface area contributed by atoms with Crippen molar-refractivity contribution in [1.29, 1.82) is 0 Å². The number of carbonyl (C=O) groups is 1. The zero-order valence-corrected chi connectivity index (χ0v) is 10.7. The molecule has 0 saturated carbocycles. The zero-order valence-electron chi connectivity index (χ0n) is 10.7. The van der Waals surface area contributed by atoms with Crippen LogP contribution in [0.25, 0.3) is 0 Å². The molecule has 1 aromatic carbocycles. The monoisotopic (exact) mass is 249 g/mol. The molecule has 4 N–H and O–H groups in total. The SMILES string of the molecule is CNC(=O)C1CC(c2ccc(N)c(OC)c2)CN1. The fourth-order valence-corrected chi connectivity index (χ4v) is 2.35. The van der Waals surface area contributed by atoms with Gasteiger partial charge >= 0.3 is 0 Å². The van der Waals surface area contributed by atoms with Gasteiger partial charge in [-0.2, -0.15) is 0 Å².